The topological polar surface area (TPSA) is 99.4 Å². The van der Waals surface area contributed by atoms with E-state index in [1.807, 2.05) is 6.07 Å². The zero-order valence-electron chi connectivity index (χ0n) is 16.8. The van der Waals surface area contributed by atoms with E-state index in [9.17, 15) is 27.9 Å². The largest absolute Gasteiger partial charge is 0.477 e. The van der Waals surface area contributed by atoms with Crippen LogP contribution < -0.4 is 10.1 Å². The van der Waals surface area contributed by atoms with E-state index >= 15 is 0 Å². The van der Waals surface area contributed by atoms with Gasteiger partial charge in [0.1, 0.15) is 23.3 Å². The lowest BCUT2D eigenvalue weighted by Gasteiger charge is -2.14. The summed E-state index contributed by atoms with van der Waals surface area (Å²) in [6.07, 6.45) is -4.13. The maximum atomic E-state index is 13.7. The molecule has 2 N–H and O–H groups in total. The van der Waals surface area contributed by atoms with Gasteiger partial charge in [0.2, 0.25) is 0 Å². The molecule has 0 atom stereocenters. The molecule has 0 saturated heterocycles. The molecule has 3 aromatic rings. The van der Waals surface area contributed by atoms with Gasteiger partial charge in [-0.1, -0.05) is 36.4 Å². The van der Waals surface area contributed by atoms with Crippen molar-refractivity contribution in [2.45, 2.75) is 6.18 Å². The fourth-order valence-electron chi connectivity index (χ4n) is 2.84. The number of carboxylic acid groups (broad SMARTS) is 1. The second kappa shape index (κ2) is 9.70. The monoisotopic (exact) mass is 452 g/mol. The van der Waals surface area contributed by atoms with Crippen molar-refractivity contribution in [3.8, 4) is 17.6 Å². The molecular formula is C24H15F3N2O4. The third kappa shape index (κ3) is 5.77. The standard InChI is InChI=1S/C24H15F3N2O4/c25-24(26,27)19-13-18(33-21-9-5-4-8-17(21)14-28)11-10-16(19)12-20(23(31)32)29-22(30)15-6-2-1-3-7-15/h1-13H,(H,29,30)(H,31,32)/b20-12-. The first-order chi connectivity index (χ1) is 15.7. The second-order valence-corrected chi connectivity index (χ2v) is 6.64. The van der Waals surface area contributed by atoms with Gasteiger partial charge in [0.15, 0.2) is 0 Å². The lowest BCUT2D eigenvalue weighted by molar-refractivity contribution is -0.138. The predicted molar refractivity (Wildman–Crippen MR) is 112 cm³/mol. The highest BCUT2D eigenvalue weighted by molar-refractivity contribution is 6.02. The normalized spacial score (nSPS) is 11.4. The first kappa shape index (κ1) is 23.1. The third-order valence-corrected chi connectivity index (χ3v) is 4.38. The number of nitriles is 1. The summed E-state index contributed by atoms with van der Waals surface area (Å²) in [6, 6.07) is 18.5. The first-order valence-corrected chi connectivity index (χ1v) is 9.38. The van der Waals surface area contributed by atoms with E-state index < -0.39 is 34.9 Å². The van der Waals surface area contributed by atoms with Crippen molar-refractivity contribution in [3.05, 3.63) is 101 Å². The van der Waals surface area contributed by atoms with E-state index in [0.717, 1.165) is 12.1 Å². The Morgan fingerprint density at radius 3 is 2.30 bits per heavy atom. The molecule has 3 aromatic carbocycles. The average molecular weight is 452 g/mol. The van der Waals surface area contributed by atoms with Crippen LogP contribution in [-0.2, 0) is 11.0 Å². The Balaban J connectivity index is 1.98. The molecule has 0 aliphatic rings. The summed E-state index contributed by atoms with van der Waals surface area (Å²) >= 11 is 0. The third-order valence-electron chi connectivity index (χ3n) is 4.38. The smallest absolute Gasteiger partial charge is 0.417 e. The Morgan fingerprint density at radius 2 is 1.67 bits per heavy atom. The zero-order valence-corrected chi connectivity index (χ0v) is 16.8. The van der Waals surface area contributed by atoms with Crippen LogP contribution in [0.5, 0.6) is 11.5 Å². The molecule has 0 unspecified atom stereocenters. The highest BCUT2D eigenvalue weighted by Crippen LogP contribution is 2.37. The number of nitrogens with one attached hydrogen (secondary N) is 1. The molecule has 3 rings (SSSR count). The Bertz CT molecular complexity index is 1260. The summed E-state index contributed by atoms with van der Waals surface area (Å²) in [7, 11) is 0. The van der Waals surface area contributed by atoms with Gasteiger partial charge in [0.25, 0.3) is 5.91 Å². The Labute approximate surface area is 186 Å². The molecule has 1 amide bonds. The Hall–Kier alpha value is -4.58. The number of carbonyl (C=O) groups is 2. The lowest BCUT2D eigenvalue weighted by atomic mass is 10.0. The minimum Gasteiger partial charge on any atom is -0.477 e. The van der Waals surface area contributed by atoms with Crippen LogP contribution in [0.15, 0.2) is 78.5 Å². The van der Waals surface area contributed by atoms with Crippen molar-refractivity contribution >= 4 is 18.0 Å². The van der Waals surface area contributed by atoms with E-state index in [1.54, 1.807) is 30.3 Å². The van der Waals surface area contributed by atoms with Crippen LogP contribution in [0.1, 0.15) is 27.0 Å². The molecule has 33 heavy (non-hydrogen) atoms. The zero-order chi connectivity index (χ0) is 24.0. The van der Waals surface area contributed by atoms with E-state index in [1.165, 1.54) is 30.3 Å². The van der Waals surface area contributed by atoms with Gasteiger partial charge in [0.05, 0.1) is 11.1 Å². The van der Waals surface area contributed by atoms with Gasteiger partial charge in [-0.05, 0) is 48.0 Å². The average Bonchev–Trinajstić information content (AvgIpc) is 2.79. The van der Waals surface area contributed by atoms with Gasteiger partial charge in [-0.2, -0.15) is 18.4 Å². The summed E-state index contributed by atoms with van der Waals surface area (Å²) < 4.78 is 46.6. The number of amides is 1. The number of halogens is 3. The van der Waals surface area contributed by atoms with Gasteiger partial charge in [-0.3, -0.25) is 4.79 Å². The Kier molecular flexibility index (Phi) is 6.79. The van der Waals surface area contributed by atoms with Crippen LogP contribution in [0.3, 0.4) is 0 Å². The number of carbonyl (C=O) groups excluding carboxylic acids is 1. The quantitative estimate of drug-likeness (QED) is 0.500. The highest BCUT2D eigenvalue weighted by Gasteiger charge is 2.34. The molecule has 6 nitrogen and oxygen atoms in total. The fraction of sp³-hybridized carbons (Fsp3) is 0.0417. The van der Waals surface area contributed by atoms with Gasteiger partial charge in [-0.15, -0.1) is 0 Å². The van der Waals surface area contributed by atoms with Crippen molar-refractivity contribution in [2.75, 3.05) is 0 Å². The molecule has 0 heterocycles. The molecule has 0 bridgehead atoms. The van der Waals surface area contributed by atoms with Crippen molar-refractivity contribution < 1.29 is 32.6 Å². The lowest BCUT2D eigenvalue weighted by Crippen LogP contribution is -2.27. The summed E-state index contributed by atoms with van der Waals surface area (Å²) in [4.78, 5) is 23.9. The molecular weight excluding hydrogens is 437 g/mol. The fourth-order valence-corrected chi connectivity index (χ4v) is 2.84. The van der Waals surface area contributed by atoms with Crippen molar-refractivity contribution in [3.63, 3.8) is 0 Å². The summed E-state index contributed by atoms with van der Waals surface area (Å²) in [5, 5.41) is 20.7. The second-order valence-electron chi connectivity index (χ2n) is 6.64. The van der Waals surface area contributed by atoms with Crippen LogP contribution in [-0.4, -0.2) is 17.0 Å². The van der Waals surface area contributed by atoms with Gasteiger partial charge in [0, 0.05) is 5.56 Å². The van der Waals surface area contributed by atoms with Crippen molar-refractivity contribution in [1.82, 2.24) is 5.32 Å². The summed E-state index contributed by atoms with van der Waals surface area (Å²) in [6.45, 7) is 0. The van der Waals surface area contributed by atoms with Crippen LogP contribution in [0, 0.1) is 11.3 Å². The van der Waals surface area contributed by atoms with Crippen LogP contribution >= 0.6 is 0 Å². The number of hydrogen-bond acceptors (Lipinski definition) is 4. The molecule has 9 heteroatoms. The molecule has 0 saturated carbocycles. The van der Waals surface area contributed by atoms with E-state index in [2.05, 4.69) is 5.32 Å². The van der Waals surface area contributed by atoms with E-state index in [4.69, 9.17) is 10.00 Å². The minimum absolute atomic E-state index is 0.0674. The Morgan fingerprint density at radius 1 is 1.00 bits per heavy atom. The molecule has 0 radical (unpaired) electrons. The first-order valence-electron chi connectivity index (χ1n) is 9.38. The van der Waals surface area contributed by atoms with Crippen LogP contribution in [0.25, 0.3) is 6.08 Å². The maximum absolute atomic E-state index is 13.7. The van der Waals surface area contributed by atoms with Crippen LogP contribution in [0.2, 0.25) is 0 Å². The molecule has 0 aliphatic heterocycles. The number of aliphatic carboxylic acids is 1. The molecule has 166 valence electrons. The minimum atomic E-state index is -4.85. The number of ether oxygens (including phenoxy) is 1. The number of rotatable bonds is 6. The highest BCUT2D eigenvalue weighted by atomic mass is 19.4. The molecule has 0 spiro atoms. The van der Waals surface area contributed by atoms with E-state index in [-0.39, 0.29) is 22.6 Å². The van der Waals surface area contributed by atoms with E-state index in [0.29, 0.717) is 6.07 Å². The number of nitrogens with zero attached hydrogens (tertiary/aromatic N) is 1. The number of para-hydroxylation sites is 1. The number of alkyl halides is 3. The molecule has 0 aromatic heterocycles. The summed E-state index contributed by atoms with van der Waals surface area (Å²) in [5.74, 6) is -2.54. The maximum Gasteiger partial charge on any atom is 0.417 e. The molecule has 0 fully saturated rings. The van der Waals surface area contributed by atoms with Gasteiger partial charge in [-0.25, -0.2) is 4.79 Å². The molecule has 0 aliphatic carbocycles. The number of hydrogen-bond donors (Lipinski definition) is 2. The van der Waals surface area contributed by atoms with Gasteiger partial charge >= 0.3 is 12.1 Å². The number of carboxylic acids is 1. The number of benzene rings is 3. The SMILES string of the molecule is N#Cc1ccccc1Oc1ccc(/C=C(\NC(=O)c2ccccc2)C(=O)O)c(C(F)(F)F)c1. The van der Waals surface area contributed by atoms with Crippen molar-refractivity contribution in [2.24, 2.45) is 0 Å². The van der Waals surface area contributed by atoms with Crippen molar-refractivity contribution in [1.29, 1.82) is 5.26 Å². The predicted octanol–water partition coefficient (Wildman–Crippen LogP) is 5.22. The van der Waals surface area contributed by atoms with Gasteiger partial charge < -0.3 is 15.2 Å². The summed E-state index contributed by atoms with van der Waals surface area (Å²) in [5.41, 5.74) is -2.14. The van der Waals surface area contributed by atoms with Crippen LogP contribution in [0.4, 0.5) is 13.2 Å².